The topological polar surface area (TPSA) is 107 Å². The molecule has 2 saturated heterocycles. The molecule has 7 fully saturated rings. The zero-order chi connectivity index (χ0) is 24.8. The lowest BCUT2D eigenvalue weighted by Crippen LogP contribution is -2.85. The number of esters is 1. The second-order valence-electron chi connectivity index (χ2n) is 12.7. The molecule has 3 spiro atoms. The highest BCUT2D eigenvalue weighted by atomic mass is 16.7. The summed E-state index contributed by atoms with van der Waals surface area (Å²) >= 11 is 0. The molecule has 0 aromatic rings. The molecular formula is C26H39NO8. The number of likely N-dealkylation sites (N-methyl/N-ethyl adjacent to an activating group) is 1. The number of aliphatic hydroxyl groups is 2. The van der Waals surface area contributed by atoms with Crippen LogP contribution in [0, 0.1) is 28.6 Å². The summed E-state index contributed by atoms with van der Waals surface area (Å²) in [6, 6.07) is -0.280. The van der Waals surface area contributed by atoms with E-state index in [9.17, 15) is 15.0 Å². The molecule has 0 amide bonds. The number of nitrogens with zero attached hydrogens (tertiary/aromatic N) is 1. The Bertz CT molecular complexity index is 964. The molecule has 5 unspecified atom stereocenters. The van der Waals surface area contributed by atoms with Crippen LogP contribution in [0.1, 0.15) is 46.5 Å². The van der Waals surface area contributed by atoms with Crippen molar-refractivity contribution in [2.24, 2.45) is 28.6 Å². The molecule has 2 aliphatic heterocycles. The fraction of sp³-hybridized carbons (Fsp3) is 0.962. The number of fused-ring (bicyclic) bond motifs is 1. The van der Waals surface area contributed by atoms with Crippen LogP contribution in [0.25, 0.3) is 0 Å². The van der Waals surface area contributed by atoms with Gasteiger partial charge in [-0.15, -0.1) is 0 Å². The van der Waals surface area contributed by atoms with Gasteiger partial charge >= 0.3 is 5.97 Å². The predicted molar refractivity (Wildman–Crippen MR) is 121 cm³/mol. The van der Waals surface area contributed by atoms with Gasteiger partial charge in [0.2, 0.25) is 0 Å². The molecule has 13 atom stereocenters. The lowest BCUT2D eigenvalue weighted by molar-refractivity contribution is -0.331. The van der Waals surface area contributed by atoms with E-state index in [1.165, 1.54) is 6.92 Å². The van der Waals surface area contributed by atoms with Crippen molar-refractivity contribution in [3.8, 4) is 0 Å². The first-order valence-corrected chi connectivity index (χ1v) is 13.3. The third-order valence-electron chi connectivity index (χ3n) is 11.9. The van der Waals surface area contributed by atoms with E-state index in [1.54, 1.807) is 14.2 Å². The number of rotatable bonds is 4. The number of methoxy groups -OCH3 is 2. The van der Waals surface area contributed by atoms with Crippen LogP contribution in [0.15, 0.2) is 0 Å². The SMILES string of the molecule is CCN1C[C@@]2(C)CCC(OC)C34[C@H]2[C@@H](OC(C)=O)C2(OCO[C@]25C[C@@H](OC)C2C[C@@]3(O)[C@H]5C2O)[C@@H]14. The third kappa shape index (κ3) is 2.09. The lowest BCUT2D eigenvalue weighted by Gasteiger charge is -2.71. The Balaban J connectivity index is 1.61. The Morgan fingerprint density at radius 1 is 1.17 bits per heavy atom. The van der Waals surface area contributed by atoms with Crippen LogP contribution in [0.2, 0.25) is 0 Å². The highest BCUT2D eigenvalue weighted by Crippen LogP contribution is 2.83. The van der Waals surface area contributed by atoms with Crippen molar-refractivity contribution in [2.45, 2.75) is 93.7 Å². The van der Waals surface area contributed by atoms with E-state index < -0.39 is 40.3 Å². The Morgan fingerprint density at radius 2 is 1.94 bits per heavy atom. The molecular weight excluding hydrogens is 454 g/mol. The van der Waals surface area contributed by atoms with E-state index in [4.69, 9.17) is 23.7 Å². The van der Waals surface area contributed by atoms with Gasteiger partial charge in [0.25, 0.3) is 0 Å². The minimum Gasteiger partial charge on any atom is -0.459 e. The normalized spacial score (nSPS) is 61.6. The quantitative estimate of drug-likeness (QED) is 0.547. The molecule has 5 saturated carbocycles. The maximum absolute atomic E-state index is 13.2. The highest BCUT2D eigenvalue weighted by molar-refractivity contribution is 5.67. The third-order valence-corrected chi connectivity index (χ3v) is 11.9. The standard InChI is InChI=1S/C26H39NO8/c1-6-27-11-22(3)8-7-16(32-5)25-19(22)20(35-13(2)28)26(21(25)27)24(33-12-34-26)10-15(31-4)14-9-23(25,30)18(24)17(14)29/h14-21,29-30H,6-12H2,1-5H3/t14?,15-,16?,17?,18-,19+,20-,21+,22-,23-,24+,25?,26?/m1/s1. The van der Waals surface area contributed by atoms with Crippen LogP contribution in [0.4, 0.5) is 0 Å². The lowest BCUT2D eigenvalue weighted by atomic mass is 9.41. The molecule has 2 heterocycles. The molecule has 0 radical (unpaired) electrons. The van der Waals surface area contributed by atoms with Gasteiger partial charge in [0.05, 0.1) is 35.4 Å². The predicted octanol–water partition coefficient (Wildman–Crippen LogP) is 0.696. The van der Waals surface area contributed by atoms with E-state index in [0.29, 0.717) is 12.8 Å². The molecule has 196 valence electrons. The van der Waals surface area contributed by atoms with Crippen molar-refractivity contribution in [2.75, 3.05) is 34.1 Å². The van der Waals surface area contributed by atoms with Crippen LogP contribution >= 0.6 is 0 Å². The van der Waals surface area contributed by atoms with Gasteiger partial charge in [-0.3, -0.25) is 9.69 Å². The van der Waals surface area contributed by atoms with Crippen LogP contribution < -0.4 is 0 Å². The minimum atomic E-state index is -1.29. The van der Waals surface area contributed by atoms with Crippen LogP contribution in [0.5, 0.6) is 0 Å². The van der Waals surface area contributed by atoms with Gasteiger partial charge < -0.3 is 33.9 Å². The second-order valence-corrected chi connectivity index (χ2v) is 12.7. The van der Waals surface area contributed by atoms with E-state index in [2.05, 4.69) is 18.7 Å². The smallest absolute Gasteiger partial charge is 0.303 e. The van der Waals surface area contributed by atoms with Gasteiger partial charge in [-0.25, -0.2) is 0 Å². The first-order valence-electron chi connectivity index (χ1n) is 13.3. The number of ether oxygens (including phenoxy) is 5. The number of piperidine rings is 1. The number of likely N-dealkylation sites (tertiary alicyclic amines) is 1. The average molecular weight is 494 g/mol. The summed E-state index contributed by atoms with van der Waals surface area (Å²) in [7, 11) is 3.39. The molecule has 9 nitrogen and oxygen atoms in total. The first kappa shape index (κ1) is 23.3. The summed E-state index contributed by atoms with van der Waals surface area (Å²) in [5, 5.41) is 25.0. The second kappa shape index (κ2) is 6.79. The molecule has 2 N–H and O–H groups in total. The van der Waals surface area contributed by atoms with Gasteiger partial charge in [-0.2, -0.15) is 0 Å². The van der Waals surface area contributed by atoms with Crippen molar-refractivity contribution in [3.63, 3.8) is 0 Å². The van der Waals surface area contributed by atoms with E-state index in [1.807, 2.05) is 0 Å². The first-order chi connectivity index (χ1) is 16.6. The maximum Gasteiger partial charge on any atom is 0.303 e. The average Bonchev–Trinajstić information content (AvgIpc) is 3.34. The minimum absolute atomic E-state index is 0.0311. The Morgan fingerprint density at radius 3 is 2.60 bits per heavy atom. The largest absolute Gasteiger partial charge is 0.459 e. The molecule has 0 aromatic heterocycles. The number of carbonyl (C=O) groups is 1. The van der Waals surface area contributed by atoms with Gasteiger partial charge in [-0.05, 0) is 31.2 Å². The molecule has 7 rings (SSSR count). The molecule has 5 aliphatic carbocycles. The van der Waals surface area contributed by atoms with Crippen molar-refractivity contribution < 1.29 is 38.7 Å². The number of hydrogen-bond acceptors (Lipinski definition) is 9. The van der Waals surface area contributed by atoms with Gasteiger partial charge in [0, 0.05) is 51.9 Å². The fourth-order valence-corrected chi connectivity index (χ4v) is 11.5. The van der Waals surface area contributed by atoms with Crippen LogP contribution in [0.3, 0.4) is 0 Å². The summed E-state index contributed by atoms with van der Waals surface area (Å²) < 4.78 is 31.9. The summed E-state index contributed by atoms with van der Waals surface area (Å²) in [5.74, 6) is -1.33. The Labute approximate surface area is 206 Å². The van der Waals surface area contributed by atoms with Crippen molar-refractivity contribution in [3.05, 3.63) is 0 Å². The zero-order valence-electron chi connectivity index (χ0n) is 21.4. The van der Waals surface area contributed by atoms with Crippen LogP contribution in [-0.2, 0) is 28.5 Å². The Kier molecular flexibility index (Phi) is 4.52. The van der Waals surface area contributed by atoms with Crippen LogP contribution in [-0.4, -0.2) is 102 Å². The fourth-order valence-electron chi connectivity index (χ4n) is 11.5. The summed E-state index contributed by atoms with van der Waals surface area (Å²) in [5.41, 5.74) is -4.39. The maximum atomic E-state index is 13.2. The number of hydrogen-bond donors (Lipinski definition) is 2. The molecule has 35 heavy (non-hydrogen) atoms. The van der Waals surface area contributed by atoms with E-state index >= 15 is 0 Å². The van der Waals surface area contributed by atoms with Crippen molar-refractivity contribution in [1.82, 2.24) is 4.90 Å². The monoisotopic (exact) mass is 493 g/mol. The molecule has 0 aromatic carbocycles. The van der Waals surface area contributed by atoms with Gasteiger partial charge in [0.15, 0.2) is 5.60 Å². The van der Waals surface area contributed by atoms with Gasteiger partial charge in [0.1, 0.15) is 18.5 Å². The summed E-state index contributed by atoms with van der Waals surface area (Å²) in [4.78, 5) is 15.1. The molecule has 7 aliphatic rings. The van der Waals surface area contributed by atoms with E-state index in [0.717, 1.165) is 25.9 Å². The molecule has 7 bridgehead atoms. The zero-order valence-corrected chi connectivity index (χ0v) is 21.4. The summed E-state index contributed by atoms with van der Waals surface area (Å²) in [6.07, 6.45) is 0.601. The highest BCUT2D eigenvalue weighted by Gasteiger charge is 2.97. The Hall–Kier alpha value is -0.810. The van der Waals surface area contributed by atoms with E-state index in [-0.39, 0.29) is 48.3 Å². The van der Waals surface area contributed by atoms with Crippen molar-refractivity contribution in [1.29, 1.82) is 0 Å². The summed E-state index contributed by atoms with van der Waals surface area (Å²) in [6.45, 7) is 7.50. The van der Waals surface area contributed by atoms with Gasteiger partial charge in [-0.1, -0.05) is 13.8 Å². The molecule has 9 heteroatoms. The van der Waals surface area contributed by atoms with Crippen molar-refractivity contribution >= 4 is 5.97 Å². The number of aliphatic hydroxyl groups excluding tert-OH is 1. The number of carbonyl (C=O) groups excluding carboxylic acids is 1.